The molecule has 5 heteroatoms. The Morgan fingerprint density at radius 3 is 2.90 bits per heavy atom. The summed E-state index contributed by atoms with van der Waals surface area (Å²) < 4.78 is 12.7. The van der Waals surface area contributed by atoms with E-state index in [2.05, 4.69) is 5.10 Å². The van der Waals surface area contributed by atoms with Crippen LogP contribution in [0.1, 0.15) is 24.5 Å². The summed E-state index contributed by atoms with van der Waals surface area (Å²) in [7, 11) is 1.56. The van der Waals surface area contributed by atoms with E-state index in [0.29, 0.717) is 23.7 Å². The van der Waals surface area contributed by atoms with Crippen LogP contribution in [0.3, 0.4) is 0 Å². The molecule has 1 unspecified atom stereocenters. The number of fused-ring (bicyclic) bond motifs is 1. The van der Waals surface area contributed by atoms with E-state index >= 15 is 0 Å². The van der Waals surface area contributed by atoms with Crippen LogP contribution in [-0.2, 0) is 6.54 Å². The molecule has 0 radical (unpaired) electrons. The van der Waals surface area contributed by atoms with Crippen LogP contribution in [-0.4, -0.2) is 22.0 Å². The normalized spacial score (nSPS) is 12.8. The molecule has 0 saturated heterocycles. The van der Waals surface area contributed by atoms with Crippen LogP contribution < -0.4 is 4.74 Å². The second kappa shape index (κ2) is 5.02. The second-order valence-electron chi connectivity index (χ2n) is 4.50. The van der Waals surface area contributed by atoms with E-state index in [-0.39, 0.29) is 0 Å². The fourth-order valence-corrected chi connectivity index (χ4v) is 2.33. The molecule has 0 fully saturated rings. The van der Waals surface area contributed by atoms with Gasteiger partial charge in [-0.1, -0.05) is 18.2 Å². The van der Waals surface area contributed by atoms with Crippen molar-refractivity contribution in [2.75, 3.05) is 7.11 Å². The Morgan fingerprint density at radius 2 is 2.20 bits per heavy atom. The number of hydrogen-bond donors (Lipinski definition) is 1. The highest BCUT2D eigenvalue weighted by Crippen LogP contribution is 2.32. The minimum atomic E-state index is -0.903. The minimum Gasteiger partial charge on any atom is -0.493 e. The Bertz CT molecular complexity index is 675. The predicted molar refractivity (Wildman–Crippen MR) is 74.7 cm³/mol. The molecule has 2 aromatic heterocycles. The highest BCUT2D eigenvalue weighted by atomic mass is 16.5. The van der Waals surface area contributed by atoms with Crippen molar-refractivity contribution in [1.82, 2.24) is 9.78 Å². The highest BCUT2D eigenvalue weighted by Gasteiger charge is 2.24. The molecule has 5 nitrogen and oxygen atoms in total. The average molecular weight is 272 g/mol. The molecule has 1 atom stereocenters. The van der Waals surface area contributed by atoms with Gasteiger partial charge in [-0.15, -0.1) is 0 Å². The molecule has 0 amide bonds. The van der Waals surface area contributed by atoms with Crippen LogP contribution in [0.15, 0.2) is 40.9 Å². The van der Waals surface area contributed by atoms with Gasteiger partial charge < -0.3 is 14.3 Å². The van der Waals surface area contributed by atoms with Crippen LogP contribution in [0.2, 0.25) is 0 Å². The molecule has 104 valence electrons. The number of ether oxygens (including phenoxy) is 1. The lowest BCUT2D eigenvalue weighted by Gasteiger charge is -2.11. The van der Waals surface area contributed by atoms with E-state index in [9.17, 15) is 5.11 Å². The topological polar surface area (TPSA) is 60.4 Å². The van der Waals surface area contributed by atoms with Gasteiger partial charge in [0.25, 0.3) is 0 Å². The smallest absolute Gasteiger partial charge is 0.163 e. The lowest BCUT2D eigenvalue weighted by atomic mass is 10.1. The van der Waals surface area contributed by atoms with Gasteiger partial charge >= 0.3 is 0 Å². The maximum absolute atomic E-state index is 10.6. The number of aromatic nitrogens is 2. The molecule has 0 saturated carbocycles. The number of benzene rings is 1. The lowest BCUT2D eigenvalue weighted by molar-refractivity contribution is 0.177. The Hall–Kier alpha value is -2.27. The summed E-state index contributed by atoms with van der Waals surface area (Å²) in [5.74, 6) is 1.04. The molecule has 0 aliphatic carbocycles. The Morgan fingerprint density at radius 1 is 1.40 bits per heavy atom. The zero-order valence-corrected chi connectivity index (χ0v) is 11.4. The van der Waals surface area contributed by atoms with Crippen molar-refractivity contribution in [2.24, 2.45) is 0 Å². The SMILES string of the molecule is CCn1ncc(OC)c1C(O)c1cc2ccccc2o1. The van der Waals surface area contributed by atoms with Crippen LogP contribution in [0.4, 0.5) is 0 Å². The third-order valence-electron chi connectivity index (χ3n) is 3.34. The van der Waals surface area contributed by atoms with Crippen molar-refractivity contribution in [3.05, 3.63) is 48.0 Å². The fourth-order valence-electron chi connectivity index (χ4n) is 2.33. The molecular weight excluding hydrogens is 256 g/mol. The lowest BCUT2D eigenvalue weighted by Crippen LogP contribution is -2.09. The molecule has 0 aliphatic rings. The van der Waals surface area contributed by atoms with Crippen molar-refractivity contribution in [3.8, 4) is 5.75 Å². The van der Waals surface area contributed by atoms with Gasteiger partial charge in [-0.2, -0.15) is 5.10 Å². The number of rotatable bonds is 4. The summed E-state index contributed by atoms with van der Waals surface area (Å²) in [5, 5.41) is 15.7. The quantitative estimate of drug-likeness (QED) is 0.793. The third kappa shape index (κ3) is 1.96. The first-order valence-corrected chi connectivity index (χ1v) is 6.50. The van der Waals surface area contributed by atoms with E-state index in [1.54, 1.807) is 18.0 Å². The molecule has 1 N–H and O–H groups in total. The molecule has 3 aromatic rings. The minimum absolute atomic E-state index is 0.486. The summed E-state index contributed by atoms with van der Waals surface area (Å²) in [4.78, 5) is 0. The zero-order valence-electron chi connectivity index (χ0n) is 11.4. The highest BCUT2D eigenvalue weighted by molar-refractivity contribution is 5.77. The molecule has 20 heavy (non-hydrogen) atoms. The van der Waals surface area contributed by atoms with Gasteiger partial charge in [0.15, 0.2) is 11.9 Å². The van der Waals surface area contributed by atoms with Crippen LogP contribution in [0, 0.1) is 0 Å². The monoisotopic (exact) mass is 272 g/mol. The van der Waals surface area contributed by atoms with Gasteiger partial charge in [0.1, 0.15) is 17.0 Å². The third-order valence-corrected chi connectivity index (χ3v) is 3.34. The van der Waals surface area contributed by atoms with Gasteiger partial charge in [-0.3, -0.25) is 4.68 Å². The first-order valence-electron chi connectivity index (χ1n) is 6.50. The number of hydrogen-bond acceptors (Lipinski definition) is 4. The van der Waals surface area contributed by atoms with Crippen molar-refractivity contribution in [1.29, 1.82) is 0 Å². The van der Waals surface area contributed by atoms with Crippen molar-refractivity contribution in [3.63, 3.8) is 0 Å². The van der Waals surface area contributed by atoms with E-state index in [1.165, 1.54) is 0 Å². The summed E-state index contributed by atoms with van der Waals surface area (Å²) >= 11 is 0. The second-order valence-corrected chi connectivity index (χ2v) is 4.50. The van der Waals surface area contributed by atoms with Gasteiger partial charge in [-0.25, -0.2) is 0 Å². The van der Waals surface area contributed by atoms with Gasteiger partial charge in [0.2, 0.25) is 0 Å². The Labute approximate surface area is 116 Å². The van der Waals surface area contributed by atoms with E-state index in [1.807, 2.05) is 37.3 Å². The van der Waals surface area contributed by atoms with E-state index in [0.717, 1.165) is 11.0 Å². The molecule has 0 spiro atoms. The molecule has 0 aliphatic heterocycles. The fraction of sp³-hybridized carbons (Fsp3) is 0.267. The average Bonchev–Trinajstić information content (AvgIpc) is 3.09. The van der Waals surface area contributed by atoms with Crippen molar-refractivity contribution >= 4 is 11.0 Å². The van der Waals surface area contributed by atoms with Crippen LogP contribution in [0.5, 0.6) is 5.75 Å². The molecule has 1 aromatic carbocycles. The predicted octanol–water partition coefficient (Wildman–Crippen LogP) is 2.74. The molecule has 3 rings (SSSR count). The van der Waals surface area contributed by atoms with E-state index < -0.39 is 6.10 Å². The van der Waals surface area contributed by atoms with Crippen LogP contribution >= 0.6 is 0 Å². The standard InChI is InChI=1S/C15H16N2O3/c1-3-17-14(13(19-2)9-16-17)15(18)12-8-10-6-4-5-7-11(10)20-12/h4-9,15,18H,3H2,1-2H3. The Kier molecular flexibility index (Phi) is 3.20. The zero-order chi connectivity index (χ0) is 14.1. The summed E-state index contributed by atoms with van der Waals surface area (Å²) in [6.07, 6.45) is 0.699. The first-order chi connectivity index (χ1) is 9.74. The number of furan rings is 1. The largest absolute Gasteiger partial charge is 0.493 e. The number of methoxy groups -OCH3 is 1. The van der Waals surface area contributed by atoms with E-state index in [4.69, 9.17) is 9.15 Å². The maximum Gasteiger partial charge on any atom is 0.163 e. The number of nitrogens with zero attached hydrogens (tertiary/aromatic N) is 2. The first kappa shape index (κ1) is 12.7. The maximum atomic E-state index is 10.6. The van der Waals surface area contributed by atoms with Crippen molar-refractivity contribution in [2.45, 2.75) is 19.6 Å². The molecular formula is C15H16N2O3. The molecule has 0 bridgehead atoms. The summed E-state index contributed by atoms with van der Waals surface area (Å²) in [6, 6.07) is 9.50. The number of aliphatic hydroxyl groups excluding tert-OH is 1. The molecule has 2 heterocycles. The summed E-state index contributed by atoms with van der Waals surface area (Å²) in [5.41, 5.74) is 1.36. The van der Waals surface area contributed by atoms with Gasteiger partial charge in [-0.05, 0) is 19.1 Å². The van der Waals surface area contributed by atoms with Crippen molar-refractivity contribution < 1.29 is 14.3 Å². The number of para-hydroxylation sites is 1. The van der Waals surface area contributed by atoms with Gasteiger partial charge in [0.05, 0.1) is 13.3 Å². The number of aliphatic hydroxyl groups is 1. The van der Waals surface area contributed by atoms with Crippen LogP contribution in [0.25, 0.3) is 11.0 Å². The van der Waals surface area contributed by atoms with Gasteiger partial charge in [0, 0.05) is 11.9 Å². The summed E-state index contributed by atoms with van der Waals surface area (Å²) in [6.45, 7) is 2.61. The number of aryl methyl sites for hydroxylation is 1. The Balaban J connectivity index is 2.07.